The predicted octanol–water partition coefficient (Wildman–Crippen LogP) is 2.69. The summed E-state index contributed by atoms with van der Waals surface area (Å²) in [6, 6.07) is 18.3. The van der Waals surface area contributed by atoms with Crippen molar-refractivity contribution in [2.24, 2.45) is 0 Å². The van der Waals surface area contributed by atoms with Crippen molar-refractivity contribution in [2.45, 2.75) is 0 Å². The molecule has 0 aliphatic heterocycles. The Labute approximate surface area is 116 Å². The summed E-state index contributed by atoms with van der Waals surface area (Å²) in [5.41, 5.74) is 8.16. The second-order valence-electron chi connectivity index (χ2n) is 4.38. The van der Waals surface area contributed by atoms with E-state index in [-0.39, 0.29) is 5.78 Å². The van der Waals surface area contributed by atoms with E-state index in [0.717, 1.165) is 5.69 Å². The van der Waals surface area contributed by atoms with Crippen LogP contribution in [0.25, 0.3) is 5.69 Å². The average Bonchev–Trinajstić information content (AvgIpc) is 2.97. The predicted molar refractivity (Wildman–Crippen MR) is 77.9 cm³/mol. The summed E-state index contributed by atoms with van der Waals surface area (Å²) in [5.74, 6) is -0.135. The molecule has 4 heteroatoms. The van der Waals surface area contributed by atoms with E-state index in [2.05, 4.69) is 5.10 Å². The van der Waals surface area contributed by atoms with E-state index in [1.54, 1.807) is 41.2 Å². The number of carbonyl (C=O) groups excluding carboxylic acids is 1. The van der Waals surface area contributed by atoms with Crippen LogP contribution in [0.2, 0.25) is 0 Å². The molecule has 0 atom stereocenters. The Morgan fingerprint density at radius 3 is 2.40 bits per heavy atom. The first-order chi connectivity index (χ1) is 9.77. The lowest BCUT2D eigenvalue weighted by atomic mass is 10.1. The second-order valence-corrected chi connectivity index (χ2v) is 4.38. The lowest BCUT2D eigenvalue weighted by molar-refractivity contribution is 0.103. The van der Waals surface area contributed by atoms with Gasteiger partial charge in [0.05, 0.1) is 11.9 Å². The van der Waals surface area contributed by atoms with Gasteiger partial charge in [0.15, 0.2) is 0 Å². The number of nitrogen functional groups attached to an aromatic ring is 1. The molecule has 0 aliphatic carbocycles. The molecule has 2 aromatic carbocycles. The van der Waals surface area contributed by atoms with E-state index in [9.17, 15) is 4.79 Å². The third-order valence-electron chi connectivity index (χ3n) is 3.08. The fourth-order valence-corrected chi connectivity index (χ4v) is 2.09. The molecule has 0 spiro atoms. The van der Waals surface area contributed by atoms with Crippen LogP contribution >= 0.6 is 0 Å². The van der Waals surface area contributed by atoms with E-state index >= 15 is 0 Å². The quantitative estimate of drug-likeness (QED) is 0.583. The topological polar surface area (TPSA) is 60.9 Å². The van der Waals surface area contributed by atoms with Crippen molar-refractivity contribution in [3.8, 4) is 5.69 Å². The average molecular weight is 263 g/mol. The Bertz CT molecular complexity index is 747. The van der Waals surface area contributed by atoms with Crippen LogP contribution in [0.3, 0.4) is 0 Å². The molecule has 20 heavy (non-hydrogen) atoms. The molecule has 0 saturated heterocycles. The normalized spacial score (nSPS) is 10.4. The van der Waals surface area contributed by atoms with Crippen molar-refractivity contribution in [3.63, 3.8) is 0 Å². The Hall–Kier alpha value is -2.88. The van der Waals surface area contributed by atoms with E-state index in [1.165, 1.54) is 0 Å². The first kappa shape index (κ1) is 12.2. The van der Waals surface area contributed by atoms with E-state index < -0.39 is 0 Å². The van der Waals surface area contributed by atoms with Crippen LogP contribution < -0.4 is 5.73 Å². The van der Waals surface area contributed by atoms with E-state index in [0.29, 0.717) is 16.9 Å². The molecule has 0 bridgehead atoms. The Morgan fingerprint density at radius 2 is 1.65 bits per heavy atom. The van der Waals surface area contributed by atoms with Crippen LogP contribution in [0, 0.1) is 0 Å². The molecule has 1 aromatic heterocycles. The van der Waals surface area contributed by atoms with Gasteiger partial charge in [-0.15, -0.1) is 0 Å². The zero-order valence-corrected chi connectivity index (χ0v) is 10.7. The van der Waals surface area contributed by atoms with Gasteiger partial charge in [0.25, 0.3) is 0 Å². The maximum Gasteiger partial charge on any atom is 0.213 e. The van der Waals surface area contributed by atoms with Gasteiger partial charge in [-0.1, -0.05) is 30.3 Å². The van der Waals surface area contributed by atoms with Crippen molar-refractivity contribution >= 4 is 11.5 Å². The summed E-state index contributed by atoms with van der Waals surface area (Å²) < 4.78 is 1.62. The number of hydrogen-bond acceptors (Lipinski definition) is 3. The SMILES string of the molecule is Nc1ccccc1C(=O)c1ccnn1-c1ccccc1. The van der Waals surface area contributed by atoms with Gasteiger partial charge in [-0.2, -0.15) is 5.10 Å². The third-order valence-corrected chi connectivity index (χ3v) is 3.08. The van der Waals surface area contributed by atoms with Crippen molar-refractivity contribution in [3.05, 3.63) is 78.1 Å². The Morgan fingerprint density at radius 1 is 0.950 bits per heavy atom. The third kappa shape index (κ3) is 2.07. The highest BCUT2D eigenvalue weighted by Crippen LogP contribution is 2.18. The number of nitrogens with zero attached hydrogens (tertiary/aromatic N) is 2. The minimum atomic E-state index is -0.135. The number of carbonyl (C=O) groups is 1. The highest BCUT2D eigenvalue weighted by atomic mass is 16.1. The molecule has 1 heterocycles. The summed E-state index contributed by atoms with van der Waals surface area (Å²) >= 11 is 0. The first-order valence-electron chi connectivity index (χ1n) is 6.26. The van der Waals surface area contributed by atoms with E-state index in [1.807, 2.05) is 30.3 Å². The molecule has 3 rings (SSSR count). The van der Waals surface area contributed by atoms with Gasteiger partial charge < -0.3 is 5.73 Å². The fourth-order valence-electron chi connectivity index (χ4n) is 2.09. The van der Waals surface area contributed by atoms with Crippen molar-refractivity contribution in [2.75, 3.05) is 5.73 Å². The van der Waals surface area contributed by atoms with Crippen LogP contribution in [-0.4, -0.2) is 15.6 Å². The van der Waals surface area contributed by atoms with Gasteiger partial charge in [-0.05, 0) is 30.3 Å². The zero-order valence-electron chi connectivity index (χ0n) is 10.7. The van der Waals surface area contributed by atoms with Gasteiger partial charge in [0.2, 0.25) is 5.78 Å². The lowest BCUT2D eigenvalue weighted by Gasteiger charge is -2.08. The van der Waals surface area contributed by atoms with Crippen LogP contribution in [0.4, 0.5) is 5.69 Å². The maximum absolute atomic E-state index is 12.6. The number of ketones is 1. The minimum Gasteiger partial charge on any atom is -0.398 e. The van der Waals surface area contributed by atoms with Gasteiger partial charge in [-0.3, -0.25) is 4.79 Å². The maximum atomic E-state index is 12.6. The van der Waals surface area contributed by atoms with Crippen LogP contribution in [0.5, 0.6) is 0 Å². The number of para-hydroxylation sites is 2. The Kier molecular flexibility index (Phi) is 3.05. The summed E-state index contributed by atoms with van der Waals surface area (Å²) in [4.78, 5) is 12.6. The molecular weight excluding hydrogens is 250 g/mol. The van der Waals surface area contributed by atoms with Crippen molar-refractivity contribution < 1.29 is 4.79 Å². The Balaban J connectivity index is 2.07. The standard InChI is InChI=1S/C16H13N3O/c17-14-9-5-4-8-13(14)16(20)15-10-11-18-19(15)12-6-2-1-3-7-12/h1-11H,17H2. The molecule has 4 nitrogen and oxygen atoms in total. The monoisotopic (exact) mass is 263 g/mol. The molecule has 0 saturated carbocycles. The summed E-state index contributed by atoms with van der Waals surface area (Å²) in [5, 5.41) is 4.22. The minimum absolute atomic E-state index is 0.135. The highest BCUT2D eigenvalue weighted by molar-refractivity contribution is 6.11. The molecule has 2 N–H and O–H groups in total. The molecule has 0 fully saturated rings. The van der Waals surface area contributed by atoms with Crippen LogP contribution in [-0.2, 0) is 0 Å². The van der Waals surface area contributed by atoms with Crippen LogP contribution in [0.15, 0.2) is 66.9 Å². The van der Waals surface area contributed by atoms with Gasteiger partial charge in [0, 0.05) is 11.3 Å². The number of aromatic nitrogens is 2. The molecule has 0 amide bonds. The number of benzene rings is 2. The van der Waals surface area contributed by atoms with Crippen LogP contribution in [0.1, 0.15) is 16.1 Å². The first-order valence-corrected chi connectivity index (χ1v) is 6.26. The molecule has 0 radical (unpaired) electrons. The van der Waals surface area contributed by atoms with Gasteiger partial charge in [-0.25, -0.2) is 4.68 Å². The molecule has 0 unspecified atom stereocenters. The van der Waals surface area contributed by atoms with E-state index in [4.69, 9.17) is 5.73 Å². The fraction of sp³-hybridized carbons (Fsp3) is 0. The lowest BCUT2D eigenvalue weighted by Crippen LogP contribution is -2.11. The highest BCUT2D eigenvalue weighted by Gasteiger charge is 2.17. The second kappa shape index (κ2) is 5.01. The van der Waals surface area contributed by atoms with Crippen molar-refractivity contribution in [1.29, 1.82) is 0 Å². The summed E-state index contributed by atoms with van der Waals surface area (Å²) in [6.45, 7) is 0. The largest absolute Gasteiger partial charge is 0.398 e. The molecular formula is C16H13N3O. The summed E-state index contributed by atoms with van der Waals surface area (Å²) in [6.07, 6.45) is 1.61. The molecule has 3 aromatic rings. The molecule has 98 valence electrons. The smallest absolute Gasteiger partial charge is 0.213 e. The van der Waals surface area contributed by atoms with Gasteiger partial charge in [0.1, 0.15) is 5.69 Å². The number of nitrogens with two attached hydrogens (primary N) is 1. The number of rotatable bonds is 3. The molecule has 0 aliphatic rings. The van der Waals surface area contributed by atoms with Gasteiger partial charge >= 0.3 is 0 Å². The summed E-state index contributed by atoms with van der Waals surface area (Å²) in [7, 11) is 0. The number of hydrogen-bond donors (Lipinski definition) is 1. The number of anilines is 1. The van der Waals surface area contributed by atoms with Crippen molar-refractivity contribution in [1.82, 2.24) is 9.78 Å². The zero-order chi connectivity index (χ0) is 13.9.